The standard InChI is InChI=1S/C20H23N3O/c1-13-14(2)19(11-21)20(22-15(13)3)23-8-7-17(12-23)9-16-5-4-6-18(24)10-16/h4-6,10,17,24H,7-9,12H2,1-3H3. The second-order valence-corrected chi connectivity index (χ2v) is 6.73. The fraction of sp³-hybridized carbons (Fsp3) is 0.400. The van der Waals surface area contributed by atoms with Crippen LogP contribution < -0.4 is 4.90 Å². The Bertz CT molecular complexity index is 807. The number of anilines is 1. The molecule has 0 spiro atoms. The molecular weight excluding hydrogens is 298 g/mol. The molecule has 3 rings (SSSR count). The van der Waals surface area contributed by atoms with Gasteiger partial charge in [-0.25, -0.2) is 4.98 Å². The van der Waals surface area contributed by atoms with Crippen molar-refractivity contribution in [2.24, 2.45) is 5.92 Å². The molecule has 0 radical (unpaired) electrons. The number of phenols is 1. The Morgan fingerprint density at radius 1 is 1.29 bits per heavy atom. The van der Waals surface area contributed by atoms with Gasteiger partial charge in [0.05, 0.1) is 5.56 Å². The average molecular weight is 321 g/mol. The number of aryl methyl sites for hydroxylation is 1. The maximum atomic E-state index is 9.62. The third kappa shape index (κ3) is 3.07. The van der Waals surface area contributed by atoms with Crippen LogP contribution >= 0.6 is 0 Å². The van der Waals surface area contributed by atoms with Gasteiger partial charge in [-0.05, 0) is 68.4 Å². The molecule has 1 fully saturated rings. The Morgan fingerprint density at radius 3 is 2.79 bits per heavy atom. The molecule has 0 amide bonds. The van der Waals surface area contributed by atoms with Gasteiger partial charge >= 0.3 is 0 Å². The van der Waals surface area contributed by atoms with Crippen LogP contribution in [0.15, 0.2) is 24.3 Å². The van der Waals surface area contributed by atoms with Crippen molar-refractivity contribution in [3.05, 3.63) is 52.2 Å². The van der Waals surface area contributed by atoms with Crippen LogP contribution in [0, 0.1) is 38.0 Å². The minimum absolute atomic E-state index is 0.320. The molecule has 1 aliphatic rings. The summed E-state index contributed by atoms with van der Waals surface area (Å²) in [5.41, 5.74) is 5.00. The van der Waals surface area contributed by atoms with Gasteiger partial charge < -0.3 is 10.0 Å². The van der Waals surface area contributed by atoms with Crippen LogP contribution in [-0.2, 0) is 6.42 Å². The average Bonchev–Trinajstić information content (AvgIpc) is 3.00. The number of rotatable bonds is 3. The first-order valence-electron chi connectivity index (χ1n) is 8.40. The van der Waals surface area contributed by atoms with Gasteiger partial charge in [0.15, 0.2) is 0 Å². The van der Waals surface area contributed by atoms with E-state index in [9.17, 15) is 10.4 Å². The summed E-state index contributed by atoms with van der Waals surface area (Å²) in [4.78, 5) is 6.95. The molecule has 1 unspecified atom stereocenters. The molecule has 1 saturated heterocycles. The first-order chi connectivity index (χ1) is 11.5. The summed E-state index contributed by atoms with van der Waals surface area (Å²) in [5, 5.41) is 19.2. The van der Waals surface area contributed by atoms with Gasteiger partial charge in [0.25, 0.3) is 0 Å². The molecule has 1 aromatic carbocycles. The largest absolute Gasteiger partial charge is 0.508 e. The van der Waals surface area contributed by atoms with E-state index in [1.165, 1.54) is 0 Å². The third-order valence-corrected chi connectivity index (χ3v) is 5.11. The molecule has 24 heavy (non-hydrogen) atoms. The Morgan fingerprint density at radius 2 is 2.08 bits per heavy atom. The Kier molecular flexibility index (Phi) is 4.44. The van der Waals surface area contributed by atoms with Crippen molar-refractivity contribution < 1.29 is 5.11 Å². The van der Waals surface area contributed by atoms with E-state index < -0.39 is 0 Å². The van der Waals surface area contributed by atoms with E-state index in [1.54, 1.807) is 6.07 Å². The number of pyridine rings is 1. The number of benzene rings is 1. The molecule has 0 bridgehead atoms. The zero-order valence-electron chi connectivity index (χ0n) is 14.5. The lowest BCUT2D eigenvalue weighted by molar-refractivity contribution is 0.473. The summed E-state index contributed by atoms with van der Waals surface area (Å²) < 4.78 is 0. The number of nitrogens with zero attached hydrogens (tertiary/aromatic N) is 3. The highest BCUT2D eigenvalue weighted by Crippen LogP contribution is 2.30. The molecule has 1 atom stereocenters. The Hall–Kier alpha value is -2.54. The Labute approximate surface area is 143 Å². The topological polar surface area (TPSA) is 60.1 Å². The number of hydrogen-bond donors (Lipinski definition) is 1. The summed E-state index contributed by atoms with van der Waals surface area (Å²) in [5.74, 6) is 1.67. The molecule has 2 aromatic rings. The van der Waals surface area contributed by atoms with Crippen molar-refractivity contribution in [1.82, 2.24) is 4.98 Å². The van der Waals surface area contributed by atoms with Crippen LogP contribution in [-0.4, -0.2) is 23.2 Å². The molecule has 1 aromatic heterocycles. The van der Waals surface area contributed by atoms with Crippen molar-refractivity contribution in [3.8, 4) is 11.8 Å². The first-order valence-corrected chi connectivity index (χ1v) is 8.40. The highest BCUT2D eigenvalue weighted by molar-refractivity contribution is 5.60. The van der Waals surface area contributed by atoms with Crippen LogP contribution in [0.2, 0.25) is 0 Å². The summed E-state index contributed by atoms with van der Waals surface area (Å²) in [7, 11) is 0. The van der Waals surface area contributed by atoms with E-state index in [2.05, 4.69) is 17.0 Å². The van der Waals surface area contributed by atoms with Gasteiger partial charge in [0, 0.05) is 18.8 Å². The lowest BCUT2D eigenvalue weighted by Crippen LogP contribution is -2.23. The fourth-order valence-electron chi connectivity index (χ4n) is 3.50. The second kappa shape index (κ2) is 6.52. The second-order valence-electron chi connectivity index (χ2n) is 6.73. The molecular formula is C20H23N3O. The van der Waals surface area contributed by atoms with Crippen LogP contribution in [0.25, 0.3) is 0 Å². The fourth-order valence-corrected chi connectivity index (χ4v) is 3.50. The Balaban J connectivity index is 1.80. The predicted molar refractivity (Wildman–Crippen MR) is 95.3 cm³/mol. The smallest absolute Gasteiger partial charge is 0.147 e. The summed E-state index contributed by atoms with van der Waals surface area (Å²) in [6, 6.07) is 9.82. The lowest BCUT2D eigenvalue weighted by Gasteiger charge is -2.21. The molecule has 124 valence electrons. The lowest BCUT2D eigenvalue weighted by atomic mass is 9.98. The highest BCUT2D eigenvalue weighted by atomic mass is 16.3. The molecule has 2 heterocycles. The maximum absolute atomic E-state index is 9.62. The molecule has 4 nitrogen and oxygen atoms in total. The van der Waals surface area contributed by atoms with E-state index in [0.717, 1.165) is 54.1 Å². The van der Waals surface area contributed by atoms with E-state index in [0.29, 0.717) is 17.2 Å². The number of aromatic hydroxyl groups is 1. The number of aromatic nitrogens is 1. The predicted octanol–water partition coefficient (Wildman–Crippen LogP) is 3.65. The monoisotopic (exact) mass is 321 g/mol. The normalized spacial score (nSPS) is 17.1. The van der Waals surface area contributed by atoms with Crippen molar-refractivity contribution in [2.45, 2.75) is 33.6 Å². The highest BCUT2D eigenvalue weighted by Gasteiger charge is 2.27. The first kappa shape index (κ1) is 16.3. The summed E-state index contributed by atoms with van der Waals surface area (Å²) in [6.07, 6.45) is 2.02. The zero-order chi connectivity index (χ0) is 17.3. The molecule has 4 heteroatoms. The number of nitriles is 1. The third-order valence-electron chi connectivity index (χ3n) is 5.11. The number of phenolic OH excluding ortho intramolecular Hbond substituents is 1. The van der Waals surface area contributed by atoms with Gasteiger partial charge in [-0.2, -0.15) is 5.26 Å². The maximum Gasteiger partial charge on any atom is 0.147 e. The SMILES string of the molecule is Cc1nc(N2CCC(Cc3cccc(O)c3)C2)c(C#N)c(C)c1C. The van der Waals surface area contributed by atoms with Crippen LogP contribution in [0.4, 0.5) is 5.82 Å². The van der Waals surface area contributed by atoms with Gasteiger partial charge in [0.1, 0.15) is 17.6 Å². The van der Waals surface area contributed by atoms with E-state index >= 15 is 0 Å². The molecule has 1 aliphatic heterocycles. The van der Waals surface area contributed by atoms with Crippen LogP contribution in [0.3, 0.4) is 0 Å². The minimum atomic E-state index is 0.320. The summed E-state index contributed by atoms with van der Waals surface area (Å²) >= 11 is 0. The van der Waals surface area contributed by atoms with Gasteiger partial charge in [-0.3, -0.25) is 0 Å². The van der Waals surface area contributed by atoms with Crippen molar-refractivity contribution in [1.29, 1.82) is 5.26 Å². The van der Waals surface area contributed by atoms with Crippen molar-refractivity contribution in [2.75, 3.05) is 18.0 Å². The molecule has 0 aliphatic carbocycles. The van der Waals surface area contributed by atoms with E-state index in [-0.39, 0.29) is 0 Å². The molecule has 0 saturated carbocycles. The van der Waals surface area contributed by atoms with Crippen LogP contribution in [0.5, 0.6) is 5.75 Å². The van der Waals surface area contributed by atoms with E-state index in [4.69, 9.17) is 4.98 Å². The quantitative estimate of drug-likeness (QED) is 0.937. The number of hydrogen-bond acceptors (Lipinski definition) is 4. The van der Waals surface area contributed by atoms with Gasteiger partial charge in [-0.15, -0.1) is 0 Å². The van der Waals surface area contributed by atoms with Crippen molar-refractivity contribution >= 4 is 5.82 Å². The van der Waals surface area contributed by atoms with Gasteiger partial charge in [0.2, 0.25) is 0 Å². The summed E-state index contributed by atoms with van der Waals surface area (Å²) in [6.45, 7) is 7.86. The van der Waals surface area contributed by atoms with Crippen molar-refractivity contribution in [3.63, 3.8) is 0 Å². The molecule has 1 N–H and O–H groups in total. The zero-order valence-corrected chi connectivity index (χ0v) is 14.5. The van der Waals surface area contributed by atoms with Crippen LogP contribution in [0.1, 0.15) is 34.4 Å². The van der Waals surface area contributed by atoms with Gasteiger partial charge in [-0.1, -0.05) is 12.1 Å². The minimum Gasteiger partial charge on any atom is -0.508 e. The van der Waals surface area contributed by atoms with E-state index in [1.807, 2.05) is 32.9 Å².